The summed E-state index contributed by atoms with van der Waals surface area (Å²) < 4.78 is 4.66. The molecule has 2 nitrogen and oxygen atoms in total. The molecule has 0 bridgehead atoms. The zero-order valence-electron chi connectivity index (χ0n) is 31.7. The molecule has 0 unspecified atom stereocenters. The van der Waals surface area contributed by atoms with Crippen molar-refractivity contribution in [1.29, 1.82) is 0 Å². The van der Waals surface area contributed by atoms with E-state index < -0.39 is 0 Å². The standard InChI is InChI=1S/C30H34N2.C18H20Br2.Br2/c1-25-9-3-5-21-31(25)23-7-11-27-13-17-29(18-14-27)30-19-15-28(16-20-30)12-8-24-32-22-6-4-10-26(32)2;19-13-1-3-15-5-9-17(10-6-15)18-11-7-16(8-12-18)4-2-14-20;1-2/h3-6,9-10,13-22H,7-8,11-12,23-24H2,1-2H3;5-12H,1-4,13-14H2;/q+2;;. The van der Waals surface area contributed by atoms with Gasteiger partial charge in [0.15, 0.2) is 23.8 Å². The number of hydrogen-bond acceptors (Lipinski definition) is 0. The lowest BCUT2D eigenvalue weighted by Gasteiger charge is -2.06. The Morgan fingerprint density at radius 3 is 0.907 bits per heavy atom. The summed E-state index contributed by atoms with van der Waals surface area (Å²) in [5.74, 6) is 0. The molecular weight excluding hydrogens is 924 g/mol. The summed E-state index contributed by atoms with van der Waals surface area (Å²) in [6.45, 7) is 6.48. The lowest BCUT2D eigenvalue weighted by atomic mass is 10.00. The maximum absolute atomic E-state index is 3.48. The van der Waals surface area contributed by atoms with Gasteiger partial charge in [-0.2, -0.15) is 0 Å². The second-order valence-electron chi connectivity index (χ2n) is 13.7. The first-order valence-electron chi connectivity index (χ1n) is 19.1. The summed E-state index contributed by atoms with van der Waals surface area (Å²) in [4.78, 5) is 0. The quantitative estimate of drug-likeness (QED) is 0.0674. The van der Waals surface area contributed by atoms with Crippen molar-refractivity contribution in [2.75, 3.05) is 10.7 Å². The highest BCUT2D eigenvalue weighted by molar-refractivity contribution is 9.93. The highest BCUT2D eigenvalue weighted by Crippen LogP contribution is 2.23. The molecule has 0 radical (unpaired) electrons. The molecule has 282 valence electrons. The predicted octanol–water partition coefficient (Wildman–Crippen LogP) is 13.5. The van der Waals surface area contributed by atoms with Gasteiger partial charge in [0.2, 0.25) is 0 Å². The van der Waals surface area contributed by atoms with E-state index in [1.807, 2.05) is 0 Å². The molecule has 6 rings (SSSR count). The lowest BCUT2D eigenvalue weighted by Crippen LogP contribution is -2.36. The van der Waals surface area contributed by atoms with Gasteiger partial charge in [0.1, 0.15) is 13.1 Å². The van der Waals surface area contributed by atoms with Gasteiger partial charge in [-0.15, -0.1) is 0 Å². The fourth-order valence-electron chi connectivity index (χ4n) is 6.53. The topological polar surface area (TPSA) is 7.76 Å². The number of benzene rings is 4. The summed E-state index contributed by atoms with van der Waals surface area (Å²) in [6, 6.07) is 48.9. The van der Waals surface area contributed by atoms with Gasteiger partial charge in [0, 0.05) is 89.9 Å². The Morgan fingerprint density at radius 2 is 0.648 bits per heavy atom. The minimum atomic E-state index is 1.07. The molecule has 0 spiro atoms. The van der Waals surface area contributed by atoms with Crippen LogP contribution in [0, 0.1) is 13.8 Å². The van der Waals surface area contributed by atoms with E-state index in [1.54, 1.807) is 0 Å². The third-order valence-electron chi connectivity index (χ3n) is 9.74. The Morgan fingerprint density at radius 1 is 0.370 bits per heavy atom. The molecule has 0 fully saturated rings. The van der Waals surface area contributed by atoms with E-state index in [-0.39, 0.29) is 0 Å². The molecule has 0 aliphatic heterocycles. The normalized spacial score (nSPS) is 10.6. The Bertz CT molecular complexity index is 1760. The van der Waals surface area contributed by atoms with Crippen molar-refractivity contribution in [3.05, 3.63) is 179 Å². The molecule has 0 aliphatic rings. The molecule has 2 aromatic heterocycles. The number of aryl methyl sites for hydroxylation is 8. The van der Waals surface area contributed by atoms with Gasteiger partial charge in [0.25, 0.3) is 0 Å². The predicted molar refractivity (Wildman–Crippen MR) is 245 cm³/mol. The first kappa shape index (κ1) is 43.8. The van der Waals surface area contributed by atoms with Gasteiger partial charge in [-0.1, -0.05) is 141 Å². The molecular formula is C48H54Br4N2+2. The van der Waals surface area contributed by atoms with E-state index in [0.29, 0.717) is 0 Å². The number of nitrogens with zero attached hydrogens (tertiary/aromatic N) is 2. The zero-order valence-corrected chi connectivity index (χ0v) is 38.1. The van der Waals surface area contributed by atoms with Crippen LogP contribution in [0.1, 0.15) is 59.3 Å². The molecule has 6 aromatic rings. The summed E-state index contributed by atoms with van der Waals surface area (Å²) in [6.07, 6.45) is 13.6. The highest BCUT2D eigenvalue weighted by atomic mass is 80.9. The fourth-order valence-corrected chi connectivity index (χ4v) is 7.09. The third kappa shape index (κ3) is 15.0. The van der Waals surface area contributed by atoms with E-state index >= 15 is 0 Å². The van der Waals surface area contributed by atoms with Crippen LogP contribution in [0.15, 0.2) is 146 Å². The lowest BCUT2D eigenvalue weighted by molar-refractivity contribution is -0.703. The molecule has 0 saturated heterocycles. The summed E-state index contributed by atoms with van der Waals surface area (Å²) in [5, 5.41) is 2.15. The first-order chi connectivity index (χ1) is 26.5. The van der Waals surface area contributed by atoms with Crippen LogP contribution >= 0.6 is 60.1 Å². The van der Waals surface area contributed by atoms with Gasteiger partial charge in [-0.05, 0) is 83.0 Å². The Kier molecular flexibility index (Phi) is 20.5. The number of halogens is 4. The average molecular weight is 979 g/mol. The van der Waals surface area contributed by atoms with Gasteiger partial charge < -0.3 is 0 Å². The number of rotatable bonds is 16. The molecule has 0 atom stereocenters. The van der Waals surface area contributed by atoms with Crippen molar-refractivity contribution in [2.24, 2.45) is 0 Å². The van der Waals surface area contributed by atoms with Crippen LogP contribution in [0.5, 0.6) is 0 Å². The van der Waals surface area contributed by atoms with E-state index in [4.69, 9.17) is 0 Å². The SMILES string of the molecule is BrBr.BrCCCc1ccc(-c2ccc(CCCBr)cc2)cc1.Cc1cccc[n+]1CCCc1ccc(-c2ccc(CCC[n+]3ccccc3C)cc2)cc1. The monoisotopic (exact) mass is 974 g/mol. The molecule has 6 heteroatoms. The van der Waals surface area contributed by atoms with E-state index in [1.165, 1.54) is 68.7 Å². The third-order valence-corrected chi connectivity index (χ3v) is 10.9. The first-order valence-corrected chi connectivity index (χ1v) is 25.0. The van der Waals surface area contributed by atoms with Crippen LogP contribution in [0.3, 0.4) is 0 Å². The van der Waals surface area contributed by atoms with Crippen molar-refractivity contribution in [2.45, 2.75) is 78.3 Å². The van der Waals surface area contributed by atoms with Crippen molar-refractivity contribution in [3.8, 4) is 22.3 Å². The molecule has 0 N–H and O–H groups in total. The Labute approximate surface area is 357 Å². The molecule has 0 amide bonds. The van der Waals surface area contributed by atoms with Gasteiger partial charge in [-0.3, -0.25) is 0 Å². The van der Waals surface area contributed by atoms with Crippen LogP contribution < -0.4 is 9.13 Å². The summed E-state index contributed by atoms with van der Waals surface area (Å²) >= 11 is 12.5. The molecule has 0 aliphatic carbocycles. The minimum Gasteiger partial charge on any atom is -0.203 e. The molecule has 0 saturated carbocycles. The maximum Gasteiger partial charge on any atom is 0.178 e. The maximum atomic E-state index is 3.48. The second kappa shape index (κ2) is 25.3. The van der Waals surface area contributed by atoms with Gasteiger partial charge in [0.05, 0.1) is 0 Å². The van der Waals surface area contributed by atoms with Crippen LogP contribution in [0.25, 0.3) is 22.3 Å². The van der Waals surface area contributed by atoms with Crippen LogP contribution in [0.2, 0.25) is 0 Å². The highest BCUT2D eigenvalue weighted by Gasteiger charge is 2.07. The van der Waals surface area contributed by atoms with Crippen molar-refractivity contribution >= 4 is 60.1 Å². The summed E-state index contributed by atoms with van der Waals surface area (Å²) in [7, 11) is 0. The van der Waals surface area contributed by atoms with Crippen molar-refractivity contribution < 1.29 is 9.13 Å². The van der Waals surface area contributed by atoms with Crippen LogP contribution in [-0.4, -0.2) is 10.7 Å². The largest absolute Gasteiger partial charge is 0.203 e. The minimum absolute atomic E-state index is 1.07. The van der Waals surface area contributed by atoms with E-state index in [2.05, 4.69) is 229 Å². The Balaban J connectivity index is 0.000000254. The Hall–Kier alpha value is -2.90. The molecule has 54 heavy (non-hydrogen) atoms. The van der Waals surface area contributed by atoms with E-state index in [0.717, 1.165) is 62.3 Å². The van der Waals surface area contributed by atoms with E-state index in [9.17, 15) is 0 Å². The zero-order chi connectivity index (χ0) is 38.4. The second-order valence-corrected chi connectivity index (χ2v) is 15.2. The smallest absolute Gasteiger partial charge is 0.178 e. The number of pyridine rings is 2. The number of alkyl halides is 2. The van der Waals surface area contributed by atoms with Gasteiger partial charge in [-0.25, -0.2) is 9.13 Å². The average Bonchev–Trinajstić information content (AvgIpc) is 3.23. The van der Waals surface area contributed by atoms with Crippen LogP contribution in [0.4, 0.5) is 0 Å². The molecule has 2 heterocycles. The van der Waals surface area contributed by atoms with Gasteiger partial charge >= 0.3 is 0 Å². The van der Waals surface area contributed by atoms with Crippen molar-refractivity contribution in [1.82, 2.24) is 0 Å². The summed E-state index contributed by atoms with van der Waals surface area (Å²) in [5.41, 5.74) is 13.5. The van der Waals surface area contributed by atoms with Crippen LogP contribution in [-0.2, 0) is 38.8 Å². The fraction of sp³-hybridized carbons (Fsp3) is 0.292. The molecule has 4 aromatic carbocycles. The number of aromatic nitrogens is 2. The number of hydrogen-bond donors (Lipinski definition) is 0. The van der Waals surface area contributed by atoms with Crippen molar-refractivity contribution in [3.63, 3.8) is 0 Å².